The predicted molar refractivity (Wildman–Crippen MR) is 160 cm³/mol. The Kier molecular flexibility index (Phi) is 15.2. The number of allylic oxidation sites excluding steroid dienone is 2. The van der Waals surface area contributed by atoms with E-state index in [-0.39, 0.29) is 54.9 Å². The van der Waals surface area contributed by atoms with Gasteiger partial charge in [-0.15, -0.1) is 0 Å². The van der Waals surface area contributed by atoms with Gasteiger partial charge in [-0.3, -0.25) is 4.79 Å². The van der Waals surface area contributed by atoms with E-state index in [1.54, 1.807) is 0 Å². The van der Waals surface area contributed by atoms with Crippen molar-refractivity contribution < 1.29 is 34.0 Å². The lowest BCUT2D eigenvalue weighted by Crippen LogP contribution is -2.55. The summed E-state index contributed by atoms with van der Waals surface area (Å²) in [5.41, 5.74) is 1.00. The molecule has 2 aliphatic heterocycles. The first-order chi connectivity index (χ1) is 19.4. The molecule has 1 fully saturated rings. The molecule has 0 aliphatic carbocycles. The largest absolute Gasteiger partial charge is 0.462 e. The Balaban J connectivity index is 2.40. The van der Waals surface area contributed by atoms with Crippen LogP contribution in [0.3, 0.4) is 0 Å². The van der Waals surface area contributed by atoms with Gasteiger partial charge in [0.15, 0.2) is 6.29 Å². The number of hydrogen-bond acceptors (Lipinski definition) is 9. The molecule has 236 valence electrons. The monoisotopic (exact) mass is 580 g/mol. The fourth-order valence-corrected chi connectivity index (χ4v) is 6.09. The number of carbonyl (C=O) groups is 2. The first kappa shape index (κ1) is 35.6. The Morgan fingerprint density at radius 1 is 1.22 bits per heavy atom. The van der Waals surface area contributed by atoms with Crippen molar-refractivity contribution in [2.24, 2.45) is 17.8 Å². The molecule has 2 aliphatic rings. The number of hydrogen-bond donors (Lipinski definition) is 2. The Labute approximate surface area is 247 Å². The van der Waals surface area contributed by atoms with Crippen molar-refractivity contribution in [2.45, 2.75) is 116 Å². The zero-order valence-corrected chi connectivity index (χ0v) is 26.6. The minimum atomic E-state index is -0.846. The van der Waals surface area contributed by atoms with Gasteiger partial charge >= 0.3 is 5.97 Å². The number of nitrogens with zero attached hydrogens (tertiary/aromatic N) is 2. The summed E-state index contributed by atoms with van der Waals surface area (Å²) < 4.78 is 18.6. The molecule has 0 aromatic carbocycles. The quantitative estimate of drug-likeness (QED) is 0.345. The number of esters is 1. The summed E-state index contributed by atoms with van der Waals surface area (Å²) in [4.78, 5) is 29.1. The molecule has 0 unspecified atom stereocenters. The van der Waals surface area contributed by atoms with Crippen LogP contribution in [0.25, 0.3) is 0 Å². The third-order valence-corrected chi connectivity index (χ3v) is 8.82. The number of aliphatic hydroxyl groups is 2. The van der Waals surface area contributed by atoms with E-state index in [9.17, 15) is 19.8 Å². The van der Waals surface area contributed by atoms with Crippen molar-refractivity contribution in [3.05, 3.63) is 23.8 Å². The van der Waals surface area contributed by atoms with Gasteiger partial charge in [0, 0.05) is 37.4 Å². The maximum atomic E-state index is 13.0. The summed E-state index contributed by atoms with van der Waals surface area (Å²) in [6, 6.07) is 0.0289. The molecule has 0 aromatic heterocycles. The van der Waals surface area contributed by atoms with Gasteiger partial charge in [-0.2, -0.15) is 0 Å². The molecule has 0 amide bonds. The molecule has 2 rings (SSSR count). The number of aliphatic hydroxyl groups excluding tert-OH is 2. The maximum Gasteiger partial charge on any atom is 0.306 e. The molecule has 1 saturated heterocycles. The van der Waals surface area contributed by atoms with E-state index in [2.05, 4.69) is 24.9 Å². The third-order valence-electron chi connectivity index (χ3n) is 8.82. The van der Waals surface area contributed by atoms with Crippen LogP contribution >= 0.6 is 0 Å². The van der Waals surface area contributed by atoms with Crippen molar-refractivity contribution in [3.63, 3.8) is 0 Å². The van der Waals surface area contributed by atoms with Crippen LogP contribution in [0, 0.1) is 17.8 Å². The molecule has 9 heteroatoms. The van der Waals surface area contributed by atoms with E-state index in [0.29, 0.717) is 38.6 Å². The normalized spacial score (nSPS) is 39.4. The van der Waals surface area contributed by atoms with E-state index < -0.39 is 24.6 Å². The molecule has 10 atom stereocenters. The zero-order valence-electron chi connectivity index (χ0n) is 26.6. The highest BCUT2D eigenvalue weighted by Gasteiger charge is 2.41. The molecule has 2 N–H and O–H groups in total. The van der Waals surface area contributed by atoms with Gasteiger partial charge in [-0.25, -0.2) is 0 Å². The molecule has 0 bridgehead atoms. The van der Waals surface area contributed by atoms with Crippen LogP contribution in [0.5, 0.6) is 0 Å². The minimum absolute atomic E-state index is 0.0971. The summed E-state index contributed by atoms with van der Waals surface area (Å²) in [6.07, 6.45) is 7.38. The maximum absolute atomic E-state index is 13.0. The second-order valence-electron chi connectivity index (χ2n) is 12.5. The number of aldehydes is 1. The van der Waals surface area contributed by atoms with Gasteiger partial charge in [-0.1, -0.05) is 37.6 Å². The molecular formula is C32H56N2O7. The van der Waals surface area contributed by atoms with Crippen LogP contribution in [0.15, 0.2) is 23.8 Å². The molecular weight excluding hydrogens is 524 g/mol. The molecule has 41 heavy (non-hydrogen) atoms. The van der Waals surface area contributed by atoms with Gasteiger partial charge in [0.05, 0.1) is 18.8 Å². The van der Waals surface area contributed by atoms with Crippen LogP contribution in [-0.4, -0.2) is 109 Å². The summed E-state index contributed by atoms with van der Waals surface area (Å²) in [5, 5.41) is 21.3. The van der Waals surface area contributed by atoms with Gasteiger partial charge < -0.3 is 39.0 Å². The van der Waals surface area contributed by atoms with E-state index in [1.165, 1.54) is 0 Å². The summed E-state index contributed by atoms with van der Waals surface area (Å²) in [5.74, 6) is -0.849. The van der Waals surface area contributed by atoms with Crippen molar-refractivity contribution in [3.8, 4) is 0 Å². The second-order valence-corrected chi connectivity index (χ2v) is 12.5. The van der Waals surface area contributed by atoms with E-state index in [1.807, 2.05) is 58.8 Å². The van der Waals surface area contributed by atoms with Crippen LogP contribution in [0.1, 0.15) is 73.1 Å². The van der Waals surface area contributed by atoms with Gasteiger partial charge in [0.1, 0.15) is 18.5 Å². The Hall–Kier alpha value is -1.62. The lowest BCUT2D eigenvalue weighted by atomic mass is 9.83. The fraction of sp³-hybridized carbons (Fsp3) is 0.812. The van der Waals surface area contributed by atoms with Crippen LogP contribution < -0.4 is 0 Å². The number of cyclic esters (lactones) is 1. The van der Waals surface area contributed by atoms with Crippen molar-refractivity contribution in [1.82, 2.24) is 9.80 Å². The first-order valence-electron chi connectivity index (χ1n) is 15.4. The Morgan fingerprint density at radius 2 is 1.93 bits per heavy atom. The molecule has 0 radical (unpaired) electrons. The minimum Gasteiger partial charge on any atom is -0.462 e. The van der Waals surface area contributed by atoms with Crippen molar-refractivity contribution in [2.75, 3.05) is 34.3 Å². The number of ether oxygens (including phenoxy) is 3. The molecule has 2 heterocycles. The highest BCUT2D eigenvalue weighted by atomic mass is 16.7. The predicted octanol–water partition coefficient (Wildman–Crippen LogP) is 3.58. The van der Waals surface area contributed by atoms with Crippen molar-refractivity contribution >= 4 is 12.3 Å². The summed E-state index contributed by atoms with van der Waals surface area (Å²) in [6.45, 7) is 10.7. The van der Waals surface area contributed by atoms with Gasteiger partial charge in [-0.05, 0) is 79.4 Å². The van der Waals surface area contributed by atoms with Crippen molar-refractivity contribution in [1.29, 1.82) is 0 Å². The van der Waals surface area contributed by atoms with Crippen LogP contribution in [-0.2, 0) is 23.8 Å². The lowest BCUT2D eigenvalue weighted by Gasteiger charge is -2.44. The number of rotatable bonds is 7. The SMILES string of the molecule is CC[C@H]1OC(=O)CC[C@H](C)[C@@H](O[C@@H]2O[C@H](C)C[C@H](N(C)C)[C@H]2O)[C@@H](CC=O)C[C@@H](C)N(C)C/C=C/C(C)=C/[C@@H]1CO. The lowest BCUT2D eigenvalue weighted by molar-refractivity contribution is -0.280. The smallest absolute Gasteiger partial charge is 0.306 e. The highest BCUT2D eigenvalue weighted by Crippen LogP contribution is 2.33. The average molecular weight is 581 g/mol. The summed E-state index contributed by atoms with van der Waals surface area (Å²) >= 11 is 0. The molecule has 0 saturated carbocycles. The average Bonchev–Trinajstić information content (AvgIpc) is 2.92. The third kappa shape index (κ3) is 10.9. The Morgan fingerprint density at radius 3 is 2.54 bits per heavy atom. The second kappa shape index (κ2) is 17.5. The fourth-order valence-electron chi connectivity index (χ4n) is 6.09. The summed E-state index contributed by atoms with van der Waals surface area (Å²) in [7, 11) is 5.94. The van der Waals surface area contributed by atoms with Gasteiger partial charge in [0.2, 0.25) is 0 Å². The van der Waals surface area contributed by atoms with Crippen LogP contribution in [0.2, 0.25) is 0 Å². The standard InChI is InChI=1S/C32H56N2O7/c1-9-28-26(20-36)17-21(2)11-10-15-34(8)23(4)18-25(14-16-35)31(22(3)12-13-29(37)40-28)41-32-30(38)27(33(6)7)19-24(5)39-32/h10-11,16-17,22-28,30-32,36,38H,9,12-15,18-20H2,1-8H3/b11-10+,21-17+/t22-,23+,24+,25-,26+,27-,28+,30+,31+,32-/m0/s1. The highest BCUT2D eigenvalue weighted by molar-refractivity contribution is 5.69. The number of likely N-dealkylation sites (N-methyl/N-ethyl adjacent to an activating group) is 2. The first-order valence-corrected chi connectivity index (χ1v) is 15.4. The van der Waals surface area contributed by atoms with E-state index in [0.717, 1.165) is 11.9 Å². The molecule has 0 spiro atoms. The van der Waals surface area contributed by atoms with E-state index >= 15 is 0 Å². The molecule has 9 nitrogen and oxygen atoms in total. The molecule has 0 aromatic rings. The van der Waals surface area contributed by atoms with Crippen LogP contribution in [0.4, 0.5) is 0 Å². The number of carbonyl (C=O) groups excluding carboxylic acids is 2. The Bertz CT molecular complexity index is 863. The van der Waals surface area contributed by atoms with E-state index in [4.69, 9.17) is 14.2 Å². The zero-order chi connectivity index (χ0) is 30.7. The topological polar surface area (TPSA) is 109 Å². The van der Waals surface area contributed by atoms with Gasteiger partial charge in [0.25, 0.3) is 0 Å².